The molecule has 0 aliphatic carbocycles. The summed E-state index contributed by atoms with van der Waals surface area (Å²) in [6, 6.07) is 0. The highest BCUT2D eigenvalue weighted by atomic mass is 32.2. The Bertz CT molecular complexity index is 690. The third kappa shape index (κ3) is 3.14. The second-order valence-corrected chi connectivity index (χ2v) is 5.94. The number of aryl methyl sites for hydroxylation is 2. The molecular formula is C10H16N6O3S. The van der Waals surface area contributed by atoms with Gasteiger partial charge in [-0.1, -0.05) is 12.1 Å². The van der Waals surface area contributed by atoms with Gasteiger partial charge in [-0.3, -0.25) is 4.68 Å². The van der Waals surface area contributed by atoms with Crippen LogP contribution in [0.4, 0.5) is 5.82 Å². The Kier molecular flexibility index (Phi) is 4.04. The van der Waals surface area contributed by atoms with Gasteiger partial charge in [0.15, 0.2) is 11.6 Å². The van der Waals surface area contributed by atoms with Crippen LogP contribution in [0.1, 0.15) is 25.1 Å². The summed E-state index contributed by atoms with van der Waals surface area (Å²) in [5.41, 5.74) is 5.63. The molecule has 0 aromatic carbocycles. The average molecular weight is 300 g/mol. The molecule has 0 aliphatic rings. The fourth-order valence-electron chi connectivity index (χ4n) is 1.62. The number of anilines is 1. The molecule has 10 heteroatoms. The van der Waals surface area contributed by atoms with Crippen LogP contribution in [-0.2, 0) is 23.1 Å². The van der Waals surface area contributed by atoms with Gasteiger partial charge >= 0.3 is 0 Å². The van der Waals surface area contributed by atoms with Crippen LogP contribution in [-0.4, -0.2) is 28.3 Å². The third-order valence-corrected chi connectivity index (χ3v) is 3.90. The molecule has 0 unspecified atom stereocenters. The van der Waals surface area contributed by atoms with Crippen LogP contribution in [0.2, 0.25) is 0 Å². The molecule has 0 fully saturated rings. The number of hydrogen-bond acceptors (Lipinski definition) is 7. The van der Waals surface area contributed by atoms with E-state index in [2.05, 4.69) is 20.0 Å². The molecule has 2 aromatic rings. The van der Waals surface area contributed by atoms with E-state index in [1.165, 1.54) is 10.9 Å². The van der Waals surface area contributed by atoms with E-state index in [4.69, 9.17) is 10.3 Å². The normalized spacial score (nSPS) is 11.9. The lowest BCUT2D eigenvalue weighted by Crippen LogP contribution is -2.23. The van der Waals surface area contributed by atoms with E-state index in [0.29, 0.717) is 12.4 Å². The first-order chi connectivity index (χ1) is 9.42. The number of hydrogen-bond donors (Lipinski definition) is 2. The van der Waals surface area contributed by atoms with E-state index in [-0.39, 0.29) is 23.1 Å². The lowest BCUT2D eigenvalue weighted by molar-refractivity contribution is 0.372. The van der Waals surface area contributed by atoms with Gasteiger partial charge in [0.1, 0.15) is 4.90 Å². The highest BCUT2D eigenvalue weighted by molar-refractivity contribution is 7.89. The van der Waals surface area contributed by atoms with Crippen LogP contribution >= 0.6 is 0 Å². The molecule has 0 bridgehead atoms. The lowest BCUT2D eigenvalue weighted by atomic mass is 10.5. The highest BCUT2D eigenvalue weighted by Crippen LogP contribution is 2.16. The second-order valence-electron chi connectivity index (χ2n) is 4.20. The van der Waals surface area contributed by atoms with E-state index in [1.807, 2.05) is 6.92 Å². The van der Waals surface area contributed by atoms with E-state index in [1.54, 1.807) is 6.92 Å². The number of nitrogens with zero attached hydrogens (tertiary/aromatic N) is 4. The molecule has 0 saturated carbocycles. The van der Waals surface area contributed by atoms with Gasteiger partial charge in [-0.25, -0.2) is 13.1 Å². The highest BCUT2D eigenvalue weighted by Gasteiger charge is 2.21. The van der Waals surface area contributed by atoms with Crippen molar-refractivity contribution >= 4 is 15.8 Å². The zero-order chi connectivity index (χ0) is 14.8. The predicted molar refractivity (Wildman–Crippen MR) is 70.0 cm³/mol. The van der Waals surface area contributed by atoms with Crippen molar-refractivity contribution in [3.63, 3.8) is 0 Å². The van der Waals surface area contributed by atoms with Gasteiger partial charge in [0.2, 0.25) is 15.9 Å². The molecular weight excluding hydrogens is 284 g/mol. The average Bonchev–Trinajstić information content (AvgIpc) is 2.94. The largest absolute Gasteiger partial charge is 0.381 e. The first-order valence-corrected chi connectivity index (χ1v) is 7.52. The van der Waals surface area contributed by atoms with Gasteiger partial charge in [-0.2, -0.15) is 10.1 Å². The minimum absolute atomic E-state index is 0.0346. The second kappa shape index (κ2) is 5.59. The zero-order valence-electron chi connectivity index (χ0n) is 11.2. The minimum Gasteiger partial charge on any atom is -0.381 e. The molecule has 0 saturated heterocycles. The van der Waals surface area contributed by atoms with Crippen LogP contribution in [0.3, 0.4) is 0 Å². The van der Waals surface area contributed by atoms with Crippen molar-refractivity contribution < 1.29 is 12.9 Å². The fraction of sp³-hybridized carbons (Fsp3) is 0.500. The molecule has 0 aliphatic heterocycles. The SMILES string of the molecule is CCCn1cc(S(=O)(=O)NCc2nc(C)no2)c(N)n1. The number of aromatic nitrogens is 4. The summed E-state index contributed by atoms with van der Waals surface area (Å²) in [6.45, 7) is 4.11. The van der Waals surface area contributed by atoms with Gasteiger partial charge in [0.25, 0.3) is 0 Å². The van der Waals surface area contributed by atoms with Gasteiger partial charge in [-0.15, -0.1) is 0 Å². The first-order valence-electron chi connectivity index (χ1n) is 6.04. The quantitative estimate of drug-likeness (QED) is 0.770. The summed E-state index contributed by atoms with van der Waals surface area (Å²) in [6.07, 6.45) is 2.23. The van der Waals surface area contributed by atoms with Crippen molar-refractivity contribution in [1.29, 1.82) is 0 Å². The maximum atomic E-state index is 12.1. The third-order valence-electron chi connectivity index (χ3n) is 2.48. The Morgan fingerprint density at radius 1 is 1.50 bits per heavy atom. The van der Waals surface area contributed by atoms with Crippen molar-refractivity contribution in [2.75, 3.05) is 5.73 Å². The first kappa shape index (κ1) is 14.5. The summed E-state index contributed by atoms with van der Waals surface area (Å²) in [5, 5.41) is 7.52. The zero-order valence-corrected chi connectivity index (χ0v) is 12.0. The Morgan fingerprint density at radius 2 is 2.25 bits per heavy atom. The maximum Gasteiger partial charge on any atom is 0.246 e. The molecule has 0 amide bonds. The van der Waals surface area contributed by atoms with Crippen molar-refractivity contribution in [3.8, 4) is 0 Å². The number of nitrogens with two attached hydrogens (primary N) is 1. The minimum atomic E-state index is -3.76. The topological polar surface area (TPSA) is 129 Å². The molecule has 0 atom stereocenters. The van der Waals surface area contributed by atoms with Crippen LogP contribution in [0.5, 0.6) is 0 Å². The summed E-state index contributed by atoms with van der Waals surface area (Å²) in [7, 11) is -3.76. The van der Waals surface area contributed by atoms with Crippen LogP contribution < -0.4 is 10.5 Å². The van der Waals surface area contributed by atoms with Gasteiger partial charge in [0, 0.05) is 12.7 Å². The number of nitrogens with one attached hydrogen (secondary N) is 1. The maximum absolute atomic E-state index is 12.1. The lowest BCUT2D eigenvalue weighted by Gasteiger charge is -2.02. The predicted octanol–water partition coefficient (Wildman–Crippen LogP) is 0.0452. The number of rotatable bonds is 6. The fourth-order valence-corrected chi connectivity index (χ4v) is 2.66. The summed E-state index contributed by atoms with van der Waals surface area (Å²) >= 11 is 0. The molecule has 2 rings (SSSR count). The Morgan fingerprint density at radius 3 is 2.85 bits per heavy atom. The molecule has 3 N–H and O–H groups in total. The van der Waals surface area contributed by atoms with Gasteiger partial charge in [-0.05, 0) is 13.3 Å². The van der Waals surface area contributed by atoms with Gasteiger partial charge < -0.3 is 10.3 Å². The molecule has 9 nitrogen and oxygen atoms in total. The number of nitrogen functional groups attached to an aromatic ring is 1. The summed E-state index contributed by atoms with van der Waals surface area (Å²) in [5.74, 6) is 0.590. The molecule has 2 aromatic heterocycles. The Labute approximate surface area is 116 Å². The monoisotopic (exact) mass is 300 g/mol. The van der Waals surface area contributed by atoms with Crippen LogP contribution in [0, 0.1) is 6.92 Å². The Hall–Kier alpha value is -1.94. The molecule has 0 spiro atoms. The van der Waals surface area contributed by atoms with Crippen molar-refractivity contribution in [2.45, 2.75) is 38.3 Å². The standard InChI is InChI=1S/C10H16N6O3S/c1-3-4-16-6-8(10(11)14-16)20(17,18)12-5-9-13-7(2)15-19-9/h6,12H,3-5H2,1-2H3,(H2,11,14). The van der Waals surface area contributed by atoms with E-state index in [9.17, 15) is 8.42 Å². The molecule has 0 radical (unpaired) electrons. The summed E-state index contributed by atoms with van der Waals surface area (Å²) < 4.78 is 32.9. The van der Waals surface area contributed by atoms with Crippen LogP contribution in [0.25, 0.3) is 0 Å². The molecule has 2 heterocycles. The number of sulfonamides is 1. The van der Waals surface area contributed by atoms with E-state index < -0.39 is 10.0 Å². The molecule has 20 heavy (non-hydrogen) atoms. The molecule has 110 valence electrons. The summed E-state index contributed by atoms with van der Waals surface area (Å²) in [4.78, 5) is 3.85. The smallest absolute Gasteiger partial charge is 0.246 e. The van der Waals surface area contributed by atoms with Crippen LogP contribution in [0.15, 0.2) is 15.6 Å². The van der Waals surface area contributed by atoms with Gasteiger partial charge in [0.05, 0.1) is 6.54 Å². The Balaban J connectivity index is 2.13. The van der Waals surface area contributed by atoms with E-state index >= 15 is 0 Å². The van der Waals surface area contributed by atoms with Crippen molar-refractivity contribution in [2.24, 2.45) is 0 Å². The van der Waals surface area contributed by atoms with Crippen molar-refractivity contribution in [1.82, 2.24) is 24.6 Å². The van der Waals surface area contributed by atoms with E-state index in [0.717, 1.165) is 6.42 Å². The van der Waals surface area contributed by atoms with Crippen molar-refractivity contribution in [3.05, 3.63) is 17.9 Å².